The molecular formula is C18H22N4O5S2. The number of hydrogen-bond acceptors (Lipinski definition) is 8. The van der Waals surface area contributed by atoms with Crippen molar-refractivity contribution in [3.8, 4) is 0 Å². The Hall–Kier alpha value is -1.95. The summed E-state index contributed by atoms with van der Waals surface area (Å²) < 4.78 is 37.5. The van der Waals surface area contributed by atoms with Gasteiger partial charge in [0.2, 0.25) is 21.8 Å². The number of benzene rings is 1. The fraction of sp³-hybridized carbons (Fsp3) is 0.500. The van der Waals surface area contributed by atoms with Crippen molar-refractivity contribution in [2.45, 2.75) is 41.1 Å². The van der Waals surface area contributed by atoms with Gasteiger partial charge in [-0.2, -0.15) is 4.31 Å². The van der Waals surface area contributed by atoms with Gasteiger partial charge in [0.15, 0.2) is 0 Å². The summed E-state index contributed by atoms with van der Waals surface area (Å²) >= 11 is 1.20. The molecule has 2 aliphatic rings. The third-order valence-electron chi connectivity index (χ3n) is 4.73. The van der Waals surface area contributed by atoms with Crippen LogP contribution in [-0.2, 0) is 19.6 Å². The molecule has 0 unspecified atom stereocenters. The van der Waals surface area contributed by atoms with Crippen molar-refractivity contribution in [3.63, 3.8) is 0 Å². The monoisotopic (exact) mass is 438 g/mol. The number of thioether (sulfide) groups is 1. The molecule has 0 bridgehead atoms. The lowest BCUT2D eigenvalue weighted by Crippen LogP contribution is -2.40. The molecule has 0 spiro atoms. The third-order valence-corrected chi connectivity index (χ3v) is 7.57. The first-order valence-electron chi connectivity index (χ1n) is 9.42. The average Bonchev–Trinajstić information content (AvgIpc) is 3.48. The van der Waals surface area contributed by atoms with Gasteiger partial charge in [-0.1, -0.05) is 11.8 Å². The van der Waals surface area contributed by atoms with E-state index in [0.717, 1.165) is 12.8 Å². The molecule has 9 nitrogen and oxygen atoms in total. The molecule has 2 aromatic rings. The summed E-state index contributed by atoms with van der Waals surface area (Å²) in [7, 11) is -3.56. The van der Waals surface area contributed by atoms with Gasteiger partial charge in [0.25, 0.3) is 5.22 Å². The first kappa shape index (κ1) is 20.3. The Morgan fingerprint density at radius 2 is 1.90 bits per heavy atom. The van der Waals surface area contributed by atoms with Gasteiger partial charge in [0, 0.05) is 24.7 Å². The Balaban J connectivity index is 1.35. The van der Waals surface area contributed by atoms with Crippen molar-refractivity contribution in [2.24, 2.45) is 0 Å². The van der Waals surface area contributed by atoms with Crippen LogP contribution in [0.25, 0.3) is 0 Å². The number of nitrogens with zero attached hydrogens (tertiary/aromatic N) is 3. The third kappa shape index (κ3) is 4.80. The largest absolute Gasteiger partial charge is 0.416 e. The second-order valence-electron chi connectivity index (χ2n) is 6.97. The summed E-state index contributed by atoms with van der Waals surface area (Å²) in [6, 6.07) is 6.16. The van der Waals surface area contributed by atoms with Crippen LogP contribution in [0.3, 0.4) is 0 Å². The van der Waals surface area contributed by atoms with Crippen molar-refractivity contribution in [1.29, 1.82) is 0 Å². The minimum absolute atomic E-state index is 0.193. The Morgan fingerprint density at radius 1 is 1.21 bits per heavy atom. The van der Waals surface area contributed by atoms with Crippen LogP contribution in [0.1, 0.15) is 31.6 Å². The van der Waals surface area contributed by atoms with E-state index in [9.17, 15) is 13.2 Å². The summed E-state index contributed by atoms with van der Waals surface area (Å²) in [5, 5.41) is 10.7. The van der Waals surface area contributed by atoms with Crippen molar-refractivity contribution in [1.82, 2.24) is 14.5 Å². The van der Waals surface area contributed by atoms with Crippen LogP contribution in [0.4, 0.5) is 5.69 Å². The first-order chi connectivity index (χ1) is 13.9. The Morgan fingerprint density at radius 3 is 2.55 bits per heavy atom. The molecule has 1 aliphatic carbocycles. The predicted octanol–water partition coefficient (Wildman–Crippen LogP) is 2.09. The minimum Gasteiger partial charge on any atom is -0.416 e. The van der Waals surface area contributed by atoms with E-state index in [0.29, 0.717) is 49.0 Å². The van der Waals surface area contributed by atoms with Gasteiger partial charge < -0.3 is 14.5 Å². The van der Waals surface area contributed by atoms with E-state index < -0.39 is 15.3 Å². The summed E-state index contributed by atoms with van der Waals surface area (Å²) in [6.45, 7) is 3.22. The molecule has 1 saturated heterocycles. The Kier molecular flexibility index (Phi) is 5.91. The quantitative estimate of drug-likeness (QED) is 0.654. The zero-order valence-corrected chi connectivity index (χ0v) is 17.5. The molecular weight excluding hydrogens is 416 g/mol. The highest BCUT2D eigenvalue weighted by Crippen LogP contribution is 2.40. The highest BCUT2D eigenvalue weighted by Gasteiger charge is 2.30. The zero-order valence-electron chi connectivity index (χ0n) is 15.9. The van der Waals surface area contributed by atoms with E-state index in [1.807, 2.05) is 0 Å². The van der Waals surface area contributed by atoms with Crippen LogP contribution in [-0.4, -0.2) is 60.4 Å². The molecule has 29 heavy (non-hydrogen) atoms. The van der Waals surface area contributed by atoms with Gasteiger partial charge in [-0.15, -0.1) is 10.2 Å². The number of morpholine rings is 1. The molecule has 156 valence electrons. The molecule has 1 aliphatic heterocycles. The lowest BCUT2D eigenvalue weighted by Gasteiger charge is -2.26. The molecule has 1 N–H and O–H groups in total. The van der Waals surface area contributed by atoms with E-state index >= 15 is 0 Å². The SMILES string of the molecule is C[C@@H](Sc1nnc(C2CC2)o1)C(=O)Nc1ccc(S(=O)(=O)N2CCOCC2)cc1. The molecule has 1 amide bonds. The zero-order chi connectivity index (χ0) is 20.4. The van der Waals surface area contributed by atoms with Gasteiger partial charge in [-0.25, -0.2) is 8.42 Å². The molecule has 1 aromatic carbocycles. The fourth-order valence-corrected chi connectivity index (χ4v) is 4.96. The number of nitrogens with one attached hydrogen (secondary N) is 1. The standard InChI is InChI=1S/C18H22N4O5S2/c1-12(28-18-21-20-17(27-18)13-2-3-13)16(23)19-14-4-6-15(7-5-14)29(24,25)22-8-10-26-11-9-22/h4-7,12-13H,2-3,8-11H2,1H3,(H,19,23)/t12-/m1/s1. The fourth-order valence-electron chi connectivity index (χ4n) is 2.86. The van der Waals surface area contributed by atoms with Crippen molar-refractivity contribution in [2.75, 3.05) is 31.6 Å². The summed E-state index contributed by atoms with van der Waals surface area (Å²) in [5.74, 6) is 0.773. The molecule has 4 rings (SSSR count). The highest BCUT2D eigenvalue weighted by atomic mass is 32.2. The maximum Gasteiger partial charge on any atom is 0.277 e. The molecule has 11 heteroatoms. The van der Waals surface area contributed by atoms with Crippen molar-refractivity contribution >= 4 is 33.4 Å². The number of rotatable bonds is 7. The lowest BCUT2D eigenvalue weighted by atomic mass is 10.3. The van der Waals surface area contributed by atoms with Crippen LogP contribution in [0.5, 0.6) is 0 Å². The number of carbonyl (C=O) groups is 1. The van der Waals surface area contributed by atoms with Crippen LogP contribution >= 0.6 is 11.8 Å². The van der Waals surface area contributed by atoms with Crippen LogP contribution < -0.4 is 5.32 Å². The molecule has 2 fully saturated rings. The Bertz CT molecular complexity index is 966. The number of sulfonamides is 1. The Labute approximate surface area is 173 Å². The highest BCUT2D eigenvalue weighted by molar-refractivity contribution is 8.00. The number of ether oxygens (including phenoxy) is 1. The van der Waals surface area contributed by atoms with Crippen LogP contribution in [0.2, 0.25) is 0 Å². The first-order valence-corrected chi connectivity index (χ1v) is 11.7. The topological polar surface area (TPSA) is 115 Å². The van der Waals surface area contributed by atoms with E-state index in [1.165, 1.54) is 28.2 Å². The number of hydrogen-bond donors (Lipinski definition) is 1. The number of aromatic nitrogens is 2. The van der Waals surface area contributed by atoms with Crippen LogP contribution in [0, 0.1) is 0 Å². The van der Waals surface area contributed by atoms with E-state index in [-0.39, 0.29) is 10.8 Å². The second kappa shape index (κ2) is 8.42. The number of anilines is 1. The van der Waals surface area contributed by atoms with Gasteiger partial charge in [0.1, 0.15) is 0 Å². The molecule has 1 aromatic heterocycles. The normalized spacial score (nSPS) is 19.1. The summed E-state index contributed by atoms with van der Waals surface area (Å²) in [5.41, 5.74) is 0.521. The van der Waals surface area contributed by atoms with Crippen molar-refractivity contribution < 1.29 is 22.4 Å². The molecule has 2 heterocycles. The van der Waals surface area contributed by atoms with Crippen molar-refractivity contribution in [3.05, 3.63) is 30.2 Å². The van der Waals surface area contributed by atoms with Crippen LogP contribution in [0.15, 0.2) is 38.8 Å². The molecule has 1 atom stereocenters. The van der Waals surface area contributed by atoms with Gasteiger partial charge in [-0.3, -0.25) is 4.79 Å². The van der Waals surface area contributed by atoms with Gasteiger partial charge in [0.05, 0.1) is 23.4 Å². The number of carbonyl (C=O) groups excluding carboxylic acids is 1. The van der Waals surface area contributed by atoms with Gasteiger partial charge >= 0.3 is 0 Å². The summed E-state index contributed by atoms with van der Waals surface area (Å²) in [6.07, 6.45) is 2.14. The predicted molar refractivity (Wildman–Crippen MR) is 106 cm³/mol. The minimum atomic E-state index is -3.56. The maximum absolute atomic E-state index is 12.6. The van der Waals surface area contributed by atoms with E-state index in [2.05, 4.69) is 15.5 Å². The van der Waals surface area contributed by atoms with E-state index in [4.69, 9.17) is 9.15 Å². The van der Waals surface area contributed by atoms with E-state index in [1.54, 1.807) is 19.1 Å². The number of amides is 1. The maximum atomic E-state index is 12.6. The van der Waals surface area contributed by atoms with Gasteiger partial charge in [-0.05, 0) is 44.0 Å². The average molecular weight is 439 g/mol. The summed E-state index contributed by atoms with van der Waals surface area (Å²) in [4.78, 5) is 12.6. The smallest absolute Gasteiger partial charge is 0.277 e. The lowest BCUT2D eigenvalue weighted by molar-refractivity contribution is -0.115. The molecule has 1 saturated carbocycles. The molecule has 0 radical (unpaired) electrons. The second-order valence-corrected chi connectivity index (χ2v) is 10.2.